The van der Waals surface area contributed by atoms with E-state index in [1.54, 1.807) is 6.07 Å². The maximum Gasteiger partial charge on any atom is 0.127 e. The van der Waals surface area contributed by atoms with Crippen molar-refractivity contribution in [2.45, 2.75) is 39.8 Å². The summed E-state index contributed by atoms with van der Waals surface area (Å²) in [7, 11) is 0. The highest BCUT2D eigenvalue weighted by atomic mass is 19.1. The molecule has 2 aromatic rings. The monoisotopic (exact) mass is 271 g/mol. The lowest BCUT2D eigenvalue weighted by Crippen LogP contribution is -2.23. The predicted octanol–water partition coefficient (Wildman–Crippen LogP) is 4.85. The van der Waals surface area contributed by atoms with Crippen molar-refractivity contribution in [3.63, 3.8) is 0 Å². The average Bonchev–Trinajstić information content (AvgIpc) is 2.42. The quantitative estimate of drug-likeness (QED) is 0.837. The Balaban J connectivity index is 2.13. The maximum atomic E-state index is 13.8. The van der Waals surface area contributed by atoms with Crippen molar-refractivity contribution >= 4 is 0 Å². The molecule has 0 amide bonds. The smallest absolute Gasteiger partial charge is 0.127 e. The molecule has 0 bridgehead atoms. The summed E-state index contributed by atoms with van der Waals surface area (Å²) in [5.41, 5.74) is 4.53. The van der Waals surface area contributed by atoms with Gasteiger partial charge in [-0.05, 0) is 50.5 Å². The average molecular weight is 271 g/mol. The molecule has 2 heteroatoms. The van der Waals surface area contributed by atoms with Crippen LogP contribution in [0.25, 0.3) is 0 Å². The molecule has 0 aromatic heterocycles. The minimum Gasteiger partial charge on any atom is -0.304 e. The fourth-order valence-electron chi connectivity index (χ4n) is 2.42. The van der Waals surface area contributed by atoms with E-state index in [1.807, 2.05) is 19.1 Å². The van der Waals surface area contributed by atoms with Gasteiger partial charge >= 0.3 is 0 Å². The Morgan fingerprint density at radius 1 is 0.900 bits per heavy atom. The lowest BCUT2D eigenvalue weighted by Gasteiger charge is -2.21. The van der Waals surface area contributed by atoms with Gasteiger partial charge in [0.15, 0.2) is 0 Å². The van der Waals surface area contributed by atoms with E-state index in [0.29, 0.717) is 5.56 Å². The maximum absolute atomic E-state index is 13.8. The van der Waals surface area contributed by atoms with Gasteiger partial charge in [0.05, 0.1) is 0 Å². The summed E-state index contributed by atoms with van der Waals surface area (Å²) in [5, 5.41) is 3.46. The SMILES string of the molecule is Cc1ccc(C(C)NC(C)c2ccccc2F)cc1C. The Bertz CT molecular complexity index is 592. The Hall–Kier alpha value is -1.67. The van der Waals surface area contributed by atoms with Crippen LogP contribution in [0.5, 0.6) is 0 Å². The van der Waals surface area contributed by atoms with Crippen molar-refractivity contribution in [3.05, 3.63) is 70.5 Å². The van der Waals surface area contributed by atoms with E-state index in [2.05, 4.69) is 44.3 Å². The summed E-state index contributed by atoms with van der Waals surface area (Å²) in [6.07, 6.45) is 0. The molecule has 2 unspecified atom stereocenters. The van der Waals surface area contributed by atoms with Crippen LogP contribution in [0, 0.1) is 19.7 Å². The van der Waals surface area contributed by atoms with Gasteiger partial charge in [-0.2, -0.15) is 0 Å². The number of nitrogens with one attached hydrogen (secondary N) is 1. The highest BCUT2D eigenvalue weighted by molar-refractivity contribution is 5.32. The van der Waals surface area contributed by atoms with Gasteiger partial charge in [-0.1, -0.05) is 36.4 Å². The third kappa shape index (κ3) is 3.26. The molecule has 1 nitrogen and oxygen atoms in total. The number of aryl methyl sites for hydroxylation is 2. The lowest BCUT2D eigenvalue weighted by atomic mass is 10.0. The van der Waals surface area contributed by atoms with Crippen molar-refractivity contribution in [1.82, 2.24) is 5.32 Å². The normalized spacial score (nSPS) is 14.1. The van der Waals surface area contributed by atoms with Crippen molar-refractivity contribution in [2.75, 3.05) is 0 Å². The molecule has 106 valence electrons. The van der Waals surface area contributed by atoms with Crippen LogP contribution in [0.1, 0.15) is 48.2 Å². The fraction of sp³-hybridized carbons (Fsp3) is 0.333. The zero-order chi connectivity index (χ0) is 14.7. The minimum atomic E-state index is -0.153. The van der Waals surface area contributed by atoms with E-state index in [0.717, 1.165) is 0 Å². The molecule has 0 saturated carbocycles. The summed E-state index contributed by atoms with van der Waals surface area (Å²) < 4.78 is 13.8. The second kappa shape index (κ2) is 6.19. The summed E-state index contributed by atoms with van der Waals surface area (Å²) in [4.78, 5) is 0. The van der Waals surface area contributed by atoms with Gasteiger partial charge < -0.3 is 5.32 Å². The molecule has 0 aliphatic rings. The Labute approximate surface area is 120 Å². The van der Waals surface area contributed by atoms with Gasteiger partial charge in [0, 0.05) is 17.6 Å². The number of benzene rings is 2. The Morgan fingerprint density at radius 2 is 1.60 bits per heavy atom. The first-order valence-corrected chi connectivity index (χ1v) is 7.06. The third-order valence-electron chi connectivity index (χ3n) is 3.90. The highest BCUT2D eigenvalue weighted by Crippen LogP contribution is 2.22. The van der Waals surface area contributed by atoms with Crippen LogP contribution in [0.2, 0.25) is 0 Å². The van der Waals surface area contributed by atoms with Crippen LogP contribution in [0.3, 0.4) is 0 Å². The molecule has 0 saturated heterocycles. The van der Waals surface area contributed by atoms with Crippen LogP contribution >= 0.6 is 0 Å². The van der Waals surface area contributed by atoms with Crippen molar-refractivity contribution in [1.29, 1.82) is 0 Å². The van der Waals surface area contributed by atoms with Crippen LogP contribution in [-0.2, 0) is 0 Å². The van der Waals surface area contributed by atoms with Crippen molar-refractivity contribution in [2.24, 2.45) is 0 Å². The van der Waals surface area contributed by atoms with E-state index >= 15 is 0 Å². The molecule has 2 atom stereocenters. The zero-order valence-corrected chi connectivity index (χ0v) is 12.6. The molecule has 0 aliphatic heterocycles. The van der Waals surface area contributed by atoms with Gasteiger partial charge in [0.1, 0.15) is 5.82 Å². The predicted molar refractivity (Wildman–Crippen MR) is 82.3 cm³/mol. The highest BCUT2D eigenvalue weighted by Gasteiger charge is 2.14. The van der Waals surface area contributed by atoms with E-state index < -0.39 is 0 Å². The fourth-order valence-corrected chi connectivity index (χ4v) is 2.42. The molecular formula is C18H22FN. The Morgan fingerprint density at radius 3 is 2.25 bits per heavy atom. The van der Waals surface area contributed by atoms with Gasteiger partial charge in [0.2, 0.25) is 0 Å². The second-order valence-corrected chi connectivity index (χ2v) is 5.48. The van der Waals surface area contributed by atoms with E-state index in [4.69, 9.17) is 0 Å². The van der Waals surface area contributed by atoms with Gasteiger partial charge in [-0.15, -0.1) is 0 Å². The molecule has 2 aromatic carbocycles. The molecule has 0 heterocycles. The van der Waals surface area contributed by atoms with Gasteiger partial charge in [0.25, 0.3) is 0 Å². The molecule has 0 fully saturated rings. The third-order valence-corrected chi connectivity index (χ3v) is 3.90. The van der Waals surface area contributed by atoms with Crippen LogP contribution in [0.15, 0.2) is 42.5 Å². The first kappa shape index (κ1) is 14.7. The van der Waals surface area contributed by atoms with E-state index in [-0.39, 0.29) is 17.9 Å². The molecule has 0 radical (unpaired) electrons. The molecular weight excluding hydrogens is 249 g/mol. The summed E-state index contributed by atoms with van der Waals surface area (Å²) >= 11 is 0. The van der Waals surface area contributed by atoms with Crippen LogP contribution < -0.4 is 5.32 Å². The molecule has 0 aliphatic carbocycles. The van der Waals surface area contributed by atoms with Crippen LogP contribution in [0.4, 0.5) is 4.39 Å². The molecule has 2 rings (SSSR count). The standard InChI is InChI=1S/C18H22FN/c1-12-9-10-16(11-13(12)2)14(3)20-15(4)17-7-5-6-8-18(17)19/h5-11,14-15,20H,1-4H3. The van der Waals surface area contributed by atoms with Crippen LogP contribution in [-0.4, -0.2) is 0 Å². The van der Waals surface area contributed by atoms with E-state index in [9.17, 15) is 4.39 Å². The second-order valence-electron chi connectivity index (χ2n) is 5.48. The minimum absolute atomic E-state index is 0.0205. The van der Waals surface area contributed by atoms with Gasteiger partial charge in [-0.25, -0.2) is 4.39 Å². The van der Waals surface area contributed by atoms with Gasteiger partial charge in [-0.3, -0.25) is 0 Å². The zero-order valence-electron chi connectivity index (χ0n) is 12.6. The summed E-state index contributed by atoms with van der Waals surface area (Å²) in [5.74, 6) is -0.153. The number of rotatable bonds is 4. The molecule has 20 heavy (non-hydrogen) atoms. The Kier molecular flexibility index (Phi) is 4.56. The molecule has 1 N–H and O–H groups in total. The topological polar surface area (TPSA) is 12.0 Å². The largest absolute Gasteiger partial charge is 0.304 e. The number of hydrogen-bond donors (Lipinski definition) is 1. The number of hydrogen-bond acceptors (Lipinski definition) is 1. The number of halogens is 1. The first-order valence-electron chi connectivity index (χ1n) is 7.06. The molecule has 0 spiro atoms. The van der Waals surface area contributed by atoms with Crippen molar-refractivity contribution in [3.8, 4) is 0 Å². The summed E-state index contributed by atoms with van der Waals surface area (Å²) in [6, 6.07) is 13.6. The first-order chi connectivity index (χ1) is 9.49. The lowest BCUT2D eigenvalue weighted by molar-refractivity contribution is 0.474. The van der Waals surface area contributed by atoms with E-state index in [1.165, 1.54) is 22.8 Å². The summed E-state index contributed by atoms with van der Waals surface area (Å²) in [6.45, 7) is 8.34. The van der Waals surface area contributed by atoms with Crippen molar-refractivity contribution < 1.29 is 4.39 Å².